The van der Waals surface area contributed by atoms with Crippen molar-refractivity contribution in [3.8, 4) is 0 Å². The van der Waals surface area contributed by atoms with Gasteiger partial charge in [-0.25, -0.2) is 4.98 Å². The molecule has 1 fully saturated rings. The molecule has 0 bridgehead atoms. The molecule has 0 aliphatic heterocycles. The van der Waals surface area contributed by atoms with Crippen molar-refractivity contribution >= 4 is 11.7 Å². The predicted octanol–water partition coefficient (Wildman–Crippen LogP) is 1.47. The lowest BCUT2D eigenvalue weighted by Gasteiger charge is -2.15. The molecule has 86 valence electrons. The second-order valence-electron chi connectivity index (χ2n) is 4.32. The molecule has 2 N–H and O–H groups in total. The fourth-order valence-corrected chi connectivity index (χ4v) is 1.46. The van der Waals surface area contributed by atoms with Gasteiger partial charge in [0, 0.05) is 12.2 Å². The lowest BCUT2D eigenvalue weighted by molar-refractivity contribution is -0.121. The van der Waals surface area contributed by atoms with Crippen molar-refractivity contribution in [3.63, 3.8) is 0 Å². The van der Waals surface area contributed by atoms with Gasteiger partial charge in [-0.3, -0.25) is 4.79 Å². The predicted molar refractivity (Wildman–Crippen MR) is 63.2 cm³/mol. The number of aromatic nitrogens is 1. The van der Waals surface area contributed by atoms with E-state index in [-0.39, 0.29) is 11.9 Å². The Morgan fingerprint density at radius 2 is 2.31 bits per heavy atom. The van der Waals surface area contributed by atoms with Gasteiger partial charge in [0.1, 0.15) is 11.9 Å². The zero-order valence-electron chi connectivity index (χ0n) is 9.66. The number of pyridine rings is 1. The fraction of sp³-hybridized carbons (Fsp3) is 0.500. The second-order valence-corrected chi connectivity index (χ2v) is 4.32. The molecule has 1 aliphatic rings. The van der Waals surface area contributed by atoms with Crippen molar-refractivity contribution in [2.75, 3.05) is 5.32 Å². The molecule has 0 radical (unpaired) electrons. The first-order valence-corrected chi connectivity index (χ1v) is 5.65. The minimum Gasteiger partial charge on any atom is -0.358 e. The first kappa shape index (κ1) is 10.9. The van der Waals surface area contributed by atoms with Crippen LogP contribution in [0.2, 0.25) is 0 Å². The third-order valence-electron chi connectivity index (χ3n) is 2.68. The Morgan fingerprint density at radius 1 is 1.56 bits per heavy atom. The Kier molecular flexibility index (Phi) is 3.08. The lowest BCUT2D eigenvalue weighted by Crippen LogP contribution is -2.39. The van der Waals surface area contributed by atoms with Crippen molar-refractivity contribution in [3.05, 3.63) is 23.9 Å². The standard InChI is InChI=1S/C12H17N3O/c1-8-4-3-7-13-11(8)14-9(2)12(16)15-10-5-6-10/h3-4,7,9-10H,5-6H2,1-2H3,(H,13,14)(H,15,16). The Balaban J connectivity index is 1.92. The molecule has 0 spiro atoms. The van der Waals surface area contributed by atoms with Crippen molar-refractivity contribution in [2.24, 2.45) is 0 Å². The summed E-state index contributed by atoms with van der Waals surface area (Å²) in [4.78, 5) is 15.9. The SMILES string of the molecule is Cc1cccnc1NC(C)C(=O)NC1CC1. The van der Waals surface area contributed by atoms with Crippen LogP contribution in [0.4, 0.5) is 5.82 Å². The van der Waals surface area contributed by atoms with Gasteiger partial charge in [0.15, 0.2) is 0 Å². The molecule has 1 aliphatic carbocycles. The maximum atomic E-state index is 11.7. The molecule has 1 amide bonds. The highest BCUT2D eigenvalue weighted by atomic mass is 16.2. The number of nitrogens with zero attached hydrogens (tertiary/aromatic N) is 1. The van der Waals surface area contributed by atoms with Gasteiger partial charge in [0.2, 0.25) is 5.91 Å². The average molecular weight is 219 g/mol. The van der Waals surface area contributed by atoms with Crippen LogP contribution in [0.25, 0.3) is 0 Å². The Morgan fingerprint density at radius 3 is 2.94 bits per heavy atom. The molecule has 1 unspecified atom stereocenters. The van der Waals surface area contributed by atoms with Crippen LogP contribution in [0, 0.1) is 6.92 Å². The third kappa shape index (κ3) is 2.72. The maximum absolute atomic E-state index is 11.7. The van der Waals surface area contributed by atoms with Crippen LogP contribution in [0.15, 0.2) is 18.3 Å². The van der Waals surface area contributed by atoms with E-state index in [1.54, 1.807) is 6.20 Å². The molecule has 1 atom stereocenters. The van der Waals surface area contributed by atoms with Gasteiger partial charge in [-0.2, -0.15) is 0 Å². The largest absolute Gasteiger partial charge is 0.358 e. The summed E-state index contributed by atoms with van der Waals surface area (Å²) in [5.41, 5.74) is 1.05. The molecule has 1 aromatic rings. The van der Waals surface area contributed by atoms with E-state index in [1.165, 1.54) is 0 Å². The number of nitrogens with one attached hydrogen (secondary N) is 2. The fourth-order valence-electron chi connectivity index (χ4n) is 1.46. The number of hydrogen-bond acceptors (Lipinski definition) is 3. The van der Waals surface area contributed by atoms with E-state index in [1.807, 2.05) is 26.0 Å². The number of hydrogen-bond donors (Lipinski definition) is 2. The number of amides is 1. The Bertz CT molecular complexity index is 388. The van der Waals surface area contributed by atoms with Gasteiger partial charge in [0.25, 0.3) is 0 Å². The summed E-state index contributed by atoms with van der Waals surface area (Å²) in [7, 11) is 0. The van der Waals surface area contributed by atoms with Gasteiger partial charge in [0.05, 0.1) is 0 Å². The highest BCUT2D eigenvalue weighted by molar-refractivity contribution is 5.84. The minimum absolute atomic E-state index is 0.0487. The summed E-state index contributed by atoms with van der Waals surface area (Å²) in [6.45, 7) is 3.83. The van der Waals surface area contributed by atoms with Gasteiger partial charge in [-0.15, -0.1) is 0 Å². The second kappa shape index (κ2) is 4.51. The van der Waals surface area contributed by atoms with Crippen molar-refractivity contribution in [1.82, 2.24) is 10.3 Å². The molecule has 4 heteroatoms. The van der Waals surface area contributed by atoms with Gasteiger partial charge in [-0.1, -0.05) is 6.07 Å². The topological polar surface area (TPSA) is 54.0 Å². The van der Waals surface area contributed by atoms with Crippen molar-refractivity contribution in [1.29, 1.82) is 0 Å². The maximum Gasteiger partial charge on any atom is 0.242 e. The molecular weight excluding hydrogens is 202 g/mol. The van der Waals surface area contributed by atoms with Crippen LogP contribution in [-0.2, 0) is 4.79 Å². The van der Waals surface area contributed by atoms with E-state index in [0.717, 1.165) is 24.2 Å². The number of aryl methyl sites for hydroxylation is 1. The molecule has 1 heterocycles. The van der Waals surface area contributed by atoms with E-state index >= 15 is 0 Å². The number of rotatable bonds is 4. The van der Waals surface area contributed by atoms with E-state index in [0.29, 0.717) is 6.04 Å². The summed E-state index contributed by atoms with van der Waals surface area (Å²) < 4.78 is 0. The third-order valence-corrected chi connectivity index (χ3v) is 2.68. The lowest BCUT2D eigenvalue weighted by atomic mass is 10.2. The van der Waals surface area contributed by atoms with Gasteiger partial charge < -0.3 is 10.6 Å². The minimum atomic E-state index is -0.241. The molecule has 2 rings (SSSR count). The van der Waals surface area contributed by atoms with Crippen molar-refractivity contribution in [2.45, 2.75) is 38.8 Å². The molecule has 1 aromatic heterocycles. The number of anilines is 1. The molecule has 16 heavy (non-hydrogen) atoms. The first-order chi connectivity index (χ1) is 7.66. The van der Waals surface area contributed by atoms with E-state index in [9.17, 15) is 4.79 Å². The highest BCUT2D eigenvalue weighted by Gasteiger charge is 2.25. The first-order valence-electron chi connectivity index (χ1n) is 5.65. The van der Waals surface area contributed by atoms with Crippen molar-refractivity contribution < 1.29 is 4.79 Å². The van der Waals surface area contributed by atoms with E-state index < -0.39 is 0 Å². The smallest absolute Gasteiger partial charge is 0.242 e. The van der Waals surface area contributed by atoms with E-state index in [2.05, 4.69) is 15.6 Å². The summed E-state index contributed by atoms with van der Waals surface area (Å²) in [6.07, 6.45) is 3.95. The van der Waals surface area contributed by atoms with Crippen LogP contribution in [0.1, 0.15) is 25.3 Å². The monoisotopic (exact) mass is 219 g/mol. The average Bonchev–Trinajstić information content (AvgIpc) is 3.05. The van der Waals surface area contributed by atoms with Crippen LogP contribution >= 0.6 is 0 Å². The van der Waals surface area contributed by atoms with E-state index in [4.69, 9.17) is 0 Å². The van der Waals surface area contributed by atoms with Gasteiger partial charge >= 0.3 is 0 Å². The Hall–Kier alpha value is -1.58. The summed E-state index contributed by atoms with van der Waals surface area (Å²) in [5.74, 6) is 0.827. The normalized spacial score (nSPS) is 16.6. The zero-order chi connectivity index (χ0) is 11.5. The molecule has 4 nitrogen and oxygen atoms in total. The van der Waals surface area contributed by atoms with Crippen LogP contribution < -0.4 is 10.6 Å². The molecule has 0 aromatic carbocycles. The molecule has 1 saturated carbocycles. The summed E-state index contributed by atoms with van der Waals surface area (Å²) in [5, 5.41) is 6.08. The van der Waals surface area contributed by atoms with Crippen LogP contribution in [0.5, 0.6) is 0 Å². The van der Waals surface area contributed by atoms with Crippen LogP contribution in [0.3, 0.4) is 0 Å². The highest BCUT2D eigenvalue weighted by Crippen LogP contribution is 2.19. The summed E-state index contributed by atoms with van der Waals surface area (Å²) >= 11 is 0. The van der Waals surface area contributed by atoms with Gasteiger partial charge in [-0.05, 0) is 38.3 Å². The summed E-state index contributed by atoms with van der Waals surface area (Å²) in [6, 6.07) is 4.02. The number of carbonyl (C=O) groups excluding carboxylic acids is 1. The quantitative estimate of drug-likeness (QED) is 0.806. The molecule has 0 saturated heterocycles. The number of carbonyl (C=O) groups is 1. The molecular formula is C12H17N3O. The van der Waals surface area contributed by atoms with Crippen LogP contribution in [-0.4, -0.2) is 23.0 Å². The Labute approximate surface area is 95.5 Å². The zero-order valence-corrected chi connectivity index (χ0v) is 9.66.